The normalized spacial score (nSPS) is 29.9. The smallest absolute Gasteiger partial charge is 0.237 e. The molecule has 1 amide bonds. The van der Waals surface area contributed by atoms with Crippen LogP contribution in [0, 0.1) is 0 Å². The summed E-state index contributed by atoms with van der Waals surface area (Å²) in [6.07, 6.45) is -0.105. The first-order valence-corrected chi connectivity index (χ1v) is 4.97. The Bertz CT molecular complexity index is 232. The zero-order valence-corrected chi connectivity index (χ0v) is 8.73. The molecule has 3 unspecified atom stereocenters. The molecule has 6 nitrogen and oxygen atoms in total. The number of carbonyl (C=O) groups is 1. The van der Waals surface area contributed by atoms with Crippen molar-refractivity contribution in [2.75, 3.05) is 19.7 Å². The molecule has 15 heavy (non-hydrogen) atoms. The third kappa shape index (κ3) is 3.75. The van der Waals surface area contributed by atoms with E-state index in [1.54, 1.807) is 0 Å². The van der Waals surface area contributed by atoms with Gasteiger partial charge in [0.2, 0.25) is 5.91 Å². The summed E-state index contributed by atoms with van der Waals surface area (Å²) in [6.45, 7) is 1.43. The molecule has 88 valence electrons. The molecule has 1 heterocycles. The van der Waals surface area contributed by atoms with Gasteiger partial charge in [-0.2, -0.15) is 0 Å². The molecule has 0 aromatic carbocycles. The molecular formula is C9H18N2O4. The quantitative estimate of drug-likeness (QED) is 0.361. The second kappa shape index (κ2) is 4.89. The summed E-state index contributed by atoms with van der Waals surface area (Å²) in [7, 11) is 0. The molecule has 1 rings (SSSR count). The van der Waals surface area contributed by atoms with E-state index in [1.165, 1.54) is 6.92 Å². The van der Waals surface area contributed by atoms with Gasteiger partial charge < -0.3 is 26.0 Å². The largest absolute Gasteiger partial charge is 0.393 e. The zero-order chi connectivity index (χ0) is 11.5. The average molecular weight is 218 g/mol. The van der Waals surface area contributed by atoms with E-state index in [1.807, 2.05) is 0 Å². The van der Waals surface area contributed by atoms with E-state index in [4.69, 9.17) is 5.11 Å². The molecule has 0 aromatic rings. The molecule has 0 spiro atoms. The first-order chi connectivity index (χ1) is 6.94. The molecule has 6 heteroatoms. The number of nitrogens with one attached hydrogen (secondary N) is 2. The van der Waals surface area contributed by atoms with Gasteiger partial charge in [-0.25, -0.2) is 0 Å². The molecule has 3 atom stereocenters. The Morgan fingerprint density at radius 1 is 1.67 bits per heavy atom. The Morgan fingerprint density at radius 2 is 2.33 bits per heavy atom. The Hall–Kier alpha value is -0.690. The van der Waals surface area contributed by atoms with Gasteiger partial charge in [0, 0.05) is 13.1 Å². The van der Waals surface area contributed by atoms with E-state index in [-0.39, 0.29) is 12.5 Å². The van der Waals surface area contributed by atoms with Crippen LogP contribution in [0.2, 0.25) is 0 Å². The van der Waals surface area contributed by atoms with Crippen molar-refractivity contribution in [1.29, 1.82) is 0 Å². The van der Waals surface area contributed by atoms with Crippen LogP contribution in [0.3, 0.4) is 0 Å². The minimum absolute atomic E-state index is 0.00336. The molecular weight excluding hydrogens is 200 g/mol. The fraction of sp³-hybridized carbons (Fsp3) is 0.889. The van der Waals surface area contributed by atoms with E-state index in [0.29, 0.717) is 13.0 Å². The SMILES string of the molecule is CC(O)(CO)CNC(=O)C1CC(O)CN1. The minimum atomic E-state index is -1.30. The Balaban J connectivity index is 2.30. The molecule has 0 radical (unpaired) electrons. The maximum absolute atomic E-state index is 11.5. The van der Waals surface area contributed by atoms with Crippen LogP contribution in [-0.4, -0.2) is 58.7 Å². The average Bonchev–Trinajstić information content (AvgIpc) is 2.61. The van der Waals surface area contributed by atoms with Crippen molar-refractivity contribution in [3.8, 4) is 0 Å². The highest BCUT2D eigenvalue weighted by Crippen LogP contribution is 2.06. The summed E-state index contributed by atoms with van der Waals surface area (Å²) in [5.74, 6) is -0.264. The highest BCUT2D eigenvalue weighted by molar-refractivity contribution is 5.82. The van der Waals surface area contributed by atoms with Gasteiger partial charge >= 0.3 is 0 Å². The molecule has 0 saturated carbocycles. The lowest BCUT2D eigenvalue weighted by molar-refractivity contribution is -0.124. The number of carbonyl (C=O) groups excluding carboxylic acids is 1. The molecule has 1 aliphatic heterocycles. The second-order valence-electron chi connectivity index (χ2n) is 4.22. The number of hydrogen-bond donors (Lipinski definition) is 5. The number of hydrogen-bond acceptors (Lipinski definition) is 5. The second-order valence-corrected chi connectivity index (χ2v) is 4.22. The third-order valence-corrected chi connectivity index (χ3v) is 2.41. The number of β-amino-alcohol motifs (C(OH)–C–C–N with tert-alkyl or cyclic N) is 1. The summed E-state index contributed by atoms with van der Waals surface area (Å²) in [5.41, 5.74) is -1.30. The van der Waals surface area contributed by atoms with Crippen LogP contribution >= 0.6 is 0 Å². The van der Waals surface area contributed by atoms with Crippen LogP contribution in [0.15, 0.2) is 0 Å². The zero-order valence-electron chi connectivity index (χ0n) is 8.73. The van der Waals surface area contributed by atoms with Gasteiger partial charge in [-0.3, -0.25) is 4.79 Å². The van der Waals surface area contributed by atoms with Crippen LogP contribution < -0.4 is 10.6 Å². The third-order valence-electron chi connectivity index (χ3n) is 2.41. The molecule has 0 aliphatic carbocycles. The van der Waals surface area contributed by atoms with Gasteiger partial charge in [0.05, 0.1) is 18.8 Å². The van der Waals surface area contributed by atoms with E-state index < -0.39 is 24.4 Å². The summed E-state index contributed by atoms with van der Waals surface area (Å²) in [4.78, 5) is 11.5. The summed E-state index contributed by atoms with van der Waals surface area (Å²) in [5, 5.41) is 32.7. The number of rotatable bonds is 4. The molecule has 1 aliphatic rings. The first-order valence-electron chi connectivity index (χ1n) is 4.97. The van der Waals surface area contributed by atoms with Crippen molar-refractivity contribution in [3.05, 3.63) is 0 Å². The first kappa shape index (κ1) is 12.4. The van der Waals surface area contributed by atoms with Gasteiger partial charge in [0.15, 0.2) is 0 Å². The maximum Gasteiger partial charge on any atom is 0.237 e. The van der Waals surface area contributed by atoms with Crippen LogP contribution in [0.4, 0.5) is 0 Å². The van der Waals surface area contributed by atoms with Crippen LogP contribution in [0.5, 0.6) is 0 Å². The van der Waals surface area contributed by atoms with Crippen LogP contribution in [0.1, 0.15) is 13.3 Å². The number of aliphatic hydroxyl groups excluding tert-OH is 2. The van der Waals surface area contributed by atoms with Gasteiger partial charge in [0.25, 0.3) is 0 Å². The molecule has 5 N–H and O–H groups in total. The van der Waals surface area contributed by atoms with Crippen molar-refractivity contribution < 1.29 is 20.1 Å². The fourth-order valence-corrected chi connectivity index (χ4v) is 1.37. The highest BCUT2D eigenvalue weighted by atomic mass is 16.3. The topological polar surface area (TPSA) is 102 Å². The minimum Gasteiger partial charge on any atom is -0.393 e. The molecule has 0 bridgehead atoms. The van der Waals surface area contributed by atoms with E-state index in [0.717, 1.165) is 0 Å². The number of aliphatic hydroxyl groups is 3. The highest BCUT2D eigenvalue weighted by Gasteiger charge is 2.29. The maximum atomic E-state index is 11.5. The molecule has 1 saturated heterocycles. The Kier molecular flexibility index (Phi) is 4.04. The van der Waals surface area contributed by atoms with E-state index in [2.05, 4.69) is 10.6 Å². The Morgan fingerprint density at radius 3 is 2.80 bits per heavy atom. The van der Waals surface area contributed by atoms with E-state index in [9.17, 15) is 15.0 Å². The monoisotopic (exact) mass is 218 g/mol. The lowest BCUT2D eigenvalue weighted by Gasteiger charge is -2.21. The van der Waals surface area contributed by atoms with Crippen molar-refractivity contribution in [3.63, 3.8) is 0 Å². The van der Waals surface area contributed by atoms with Crippen molar-refractivity contribution in [2.45, 2.75) is 31.1 Å². The van der Waals surface area contributed by atoms with Crippen molar-refractivity contribution in [2.24, 2.45) is 0 Å². The van der Waals surface area contributed by atoms with E-state index >= 15 is 0 Å². The van der Waals surface area contributed by atoms with Crippen molar-refractivity contribution in [1.82, 2.24) is 10.6 Å². The molecule has 0 aromatic heterocycles. The van der Waals surface area contributed by atoms with Crippen LogP contribution in [-0.2, 0) is 4.79 Å². The lowest BCUT2D eigenvalue weighted by Crippen LogP contribution is -2.48. The van der Waals surface area contributed by atoms with Gasteiger partial charge in [-0.05, 0) is 13.3 Å². The Labute approximate surface area is 88.3 Å². The van der Waals surface area contributed by atoms with Crippen LogP contribution in [0.25, 0.3) is 0 Å². The summed E-state index contributed by atoms with van der Waals surface area (Å²) >= 11 is 0. The van der Waals surface area contributed by atoms with Gasteiger partial charge in [-0.1, -0.05) is 0 Å². The summed E-state index contributed by atoms with van der Waals surface area (Å²) in [6, 6.07) is -0.408. The predicted molar refractivity (Wildman–Crippen MR) is 53.1 cm³/mol. The van der Waals surface area contributed by atoms with Gasteiger partial charge in [0.1, 0.15) is 5.60 Å². The van der Waals surface area contributed by atoms with Crippen molar-refractivity contribution >= 4 is 5.91 Å². The number of amides is 1. The predicted octanol–water partition coefficient (Wildman–Crippen LogP) is -2.43. The van der Waals surface area contributed by atoms with Gasteiger partial charge in [-0.15, -0.1) is 0 Å². The summed E-state index contributed by atoms with van der Waals surface area (Å²) < 4.78 is 0. The molecule has 1 fully saturated rings. The standard InChI is InChI=1S/C9H18N2O4/c1-9(15,5-12)4-11-8(14)7-2-6(13)3-10-7/h6-7,10,12-13,15H,2-5H2,1H3,(H,11,14). The fourth-order valence-electron chi connectivity index (χ4n) is 1.37. The lowest BCUT2D eigenvalue weighted by atomic mass is 10.1.